The number of hydrogen-bond donors (Lipinski definition) is 2. The molecule has 0 spiro atoms. The van der Waals surface area contributed by atoms with E-state index in [1.807, 2.05) is 25.1 Å². The predicted octanol–water partition coefficient (Wildman–Crippen LogP) is 3.52. The summed E-state index contributed by atoms with van der Waals surface area (Å²) >= 11 is 0. The summed E-state index contributed by atoms with van der Waals surface area (Å²) in [5.74, 6) is 0.817. The molecule has 148 valence electrons. The van der Waals surface area contributed by atoms with E-state index in [-0.39, 0.29) is 30.7 Å². The van der Waals surface area contributed by atoms with E-state index in [0.717, 1.165) is 49.2 Å². The maximum Gasteiger partial charge on any atom is 0.244 e. The number of amides is 1. The van der Waals surface area contributed by atoms with E-state index >= 15 is 0 Å². The van der Waals surface area contributed by atoms with Crippen LogP contribution in [0.25, 0.3) is 0 Å². The largest absolute Gasteiger partial charge is 0.492 e. The van der Waals surface area contributed by atoms with Crippen molar-refractivity contribution in [3.63, 3.8) is 0 Å². The van der Waals surface area contributed by atoms with Crippen molar-refractivity contribution in [1.29, 1.82) is 0 Å². The number of nitrogens with one attached hydrogen (secondary N) is 1. The van der Waals surface area contributed by atoms with Gasteiger partial charge in [-0.3, -0.25) is 9.69 Å². The van der Waals surface area contributed by atoms with Crippen molar-refractivity contribution in [1.82, 2.24) is 4.90 Å². The molecule has 0 radical (unpaired) electrons. The van der Waals surface area contributed by atoms with Gasteiger partial charge >= 0.3 is 0 Å². The number of hydrogen-bond acceptors (Lipinski definition) is 4. The first-order chi connectivity index (χ1) is 11.6. The highest BCUT2D eigenvalue weighted by atomic mass is 35.5. The minimum absolute atomic E-state index is 0. The molecule has 1 aliphatic carbocycles. The number of ether oxygens (including phenoxy) is 1. The molecular weight excluding hydrogens is 373 g/mol. The standard InChI is InChI=1S/C19H29N3O2.2ClH/c1-15-14-16(21-18(23)19(20)8-2-3-9-19)6-7-17(15)24-13-12-22-10-4-5-11-22;;/h6-7,14H,2-5,8-13,20H2,1H3,(H,21,23);2*1H. The van der Waals surface area contributed by atoms with Crippen molar-refractivity contribution in [2.45, 2.75) is 51.0 Å². The van der Waals surface area contributed by atoms with E-state index in [1.54, 1.807) is 0 Å². The van der Waals surface area contributed by atoms with Gasteiger partial charge in [-0.15, -0.1) is 24.8 Å². The molecule has 1 amide bonds. The average Bonchev–Trinajstić information content (AvgIpc) is 3.22. The van der Waals surface area contributed by atoms with Crippen molar-refractivity contribution >= 4 is 36.4 Å². The molecule has 5 nitrogen and oxygen atoms in total. The monoisotopic (exact) mass is 403 g/mol. The SMILES string of the molecule is Cc1cc(NC(=O)C2(N)CCCC2)ccc1OCCN1CCCC1.Cl.Cl. The second-order valence-electron chi connectivity index (χ2n) is 7.19. The third kappa shape index (κ3) is 5.74. The summed E-state index contributed by atoms with van der Waals surface area (Å²) in [5, 5.41) is 2.97. The maximum atomic E-state index is 12.4. The van der Waals surface area contributed by atoms with Crippen LogP contribution < -0.4 is 15.8 Å². The Morgan fingerprint density at radius 3 is 2.46 bits per heavy atom. The van der Waals surface area contributed by atoms with Crippen LogP contribution in [0.2, 0.25) is 0 Å². The van der Waals surface area contributed by atoms with E-state index in [2.05, 4.69) is 10.2 Å². The summed E-state index contributed by atoms with van der Waals surface area (Å²) in [7, 11) is 0. The Labute approximate surface area is 168 Å². The number of nitrogens with two attached hydrogens (primary N) is 1. The lowest BCUT2D eigenvalue weighted by atomic mass is 9.98. The zero-order chi connectivity index (χ0) is 17.0. The van der Waals surface area contributed by atoms with Gasteiger partial charge in [0.25, 0.3) is 0 Å². The molecule has 1 heterocycles. The fraction of sp³-hybridized carbons (Fsp3) is 0.632. The molecular formula is C19H31Cl2N3O2. The fourth-order valence-electron chi connectivity index (χ4n) is 3.67. The first-order valence-electron chi connectivity index (χ1n) is 9.13. The van der Waals surface area contributed by atoms with Gasteiger partial charge in [0.1, 0.15) is 12.4 Å². The second kappa shape index (κ2) is 10.4. The first kappa shape index (κ1) is 23.0. The number of halogens is 2. The van der Waals surface area contributed by atoms with Gasteiger partial charge in [0.05, 0.1) is 5.54 Å². The summed E-state index contributed by atoms with van der Waals surface area (Å²) in [4.78, 5) is 14.8. The van der Waals surface area contributed by atoms with Crippen LogP contribution in [-0.4, -0.2) is 42.6 Å². The topological polar surface area (TPSA) is 67.6 Å². The molecule has 1 saturated heterocycles. The lowest BCUT2D eigenvalue weighted by molar-refractivity contribution is -0.121. The van der Waals surface area contributed by atoms with Gasteiger partial charge < -0.3 is 15.8 Å². The van der Waals surface area contributed by atoms with Crippen LogP contribution in [-0.2, 0) is 4.79 Å². The zero-order valence-corrected chi connectivity index (χ0v) is 17.1. The third-order valence-corrected chi connectivity index (χ3v) is 5.24. The van der Waals surface area contributed by atoms with Crippen molar-refractivity contribution in [2.24, 2.45) is 5.73 Å². The molecule has 0 atom stereocenters. The molecule has 0 bridgehead atoms. The molecule has 1 aromatic carbocycles. The highest BCUT2D eigenvalue weighted by molar-refractivity contribution is 5.98. The highest BCUT2D eigenvalue weighted by Gasteiger charge is 2.36. The summed E-state index contributed by atoms with van der Waals surface area (Å²) in [5.41, 5.74) is 7.33. The Morgan fingerprint density at radius 1 is 1.19 bits per heavy atom. The van der Waals surface area contributed by atoms with Crippen LogP contribution in [0, 0.1) is 6.92 Å². The molecule has 7 heteroatoms. The van der Waals surface area contributed by atoms with Crippen LogP contribution >= 0.6 is 24.8 Å². The fourth-order valence-corrected chi connectivity index (χ4v) is 3.67. The van der Waals surface area contributed by atoms with E-state index < -0.39 is 5.54 Å². The molecule has 2 aliphatic rings. The number of likely N-dealkylation sites (tertiary alicyclic amines) is 1. The minimum Gasteiger partial charge on any atom is -0.492 e. The minimum atomic E-state index is -0.696. The smallest absolute Gasteiger partial charge is 0.244 e. The van der Waals surface area contributed by atoms with Gasteiger partial charge in [-0.2, -0.15) is 0 Å². The lowest BCUT2D eigenvalue weighted by Crippen LogP contribution is -2.48. The normalized spacial score (nSPS) is 18.7. The maximum absolute atomic E-state index is 12.4. The van der Waals surface area contributed by atoms with Gasteiger partial charge in [-0.05, 0) is 69.5 Å². The van der Waals surface area contributed by atoms with Crippen LogP contribution in [0.5, 0.6) is 5.75 Å². The summed E-state index contributed by atoms with van der Waals surface area (Å²) < 4.78 is 5.90. The molecule has 0 unspecified atom stereocenters. The quantitative estimate of drug-likeness (QED) is 0.761. The number of nitrogens with zero attached hydrogens (tertiary/aromatic N) is 1. The third-order valence-electron chi connectivity index (χ3n) is 5.24. The molecule has 1 aliphatic heterocycles. The van der Waals surface area contributed by atoms with Crippen molar-refractivity contribution in [2.75, 3.05) is 31.6 Å². The molecule has 0 aromatic heterocycles. The predicted molar refractivity (Wildman–Crippen MR) is 111 cm³/mol. The number of anilines is 1. The number of benzene rings is 1. The summed E-state index contributed by atoms with van der Waals surface area (Å²) in [6.07, 6.45) is 6.22. The Morgan fingerprint density at radius 2 is 1.85 bits per heavy atom. The Bertz CT molecular complexity index is 586. The molecule has 1 aromatic rings. The number of aryl methyl sites for hydroxylation is 1. The van der Waals surface area contributed by atoms with E-state index in [4.69, 9.17) is 10.5 Å². The molecule has 3 rings (SSSR count). The van der Waals surface area contributed by atoms with Crippen LogP contribution in [0.3, 0.4) is 0 Å². The molecule has 2 fully saturated rings. The van der Waals surface area contributed by atoms with Gasteiger partial charge in [-0.1, -0.05) is 12.8 Å². The Balaban J connectivity index is 0.00000169. The van der Waals surface area contributed by atoms with Crippen molar-refractivity contribution in [3.05, 3.63) is 23.8 Å². The van der Waals surface area contributed by atoms with Gasteiger partial charge in [0.15, 0.2) is 0 Å². The van der Waals surface area contributed by atoms with Gasteiger partial charge in [0, 0.05) is 12.2 Å². The Kier molecular flexibility index (Phi) is 9.17. The number of carbonyl (C=O) groups excluding carboxylic acids is 1. The molecule has 26 heavy (non-hydrogen) atoms. The first-order valence-corrected chi connectivity index (χ1v) is 9.13. The number of rotatable bonds is 6. The number of carbonyl (C=O) groups is 1. The van der Waals surface area contributed by atoms with Crippen LogP contribution in [0.1, 0.15) is 44.1 Å². The lowest BCUT2D eigenvalue weighted by Gasteiger charge is -2.22. The van der Waals surface area contributed by atoms with E-state index in [1.165, 1.54) is 25.9 Å². The van der Waals surface area contributed by atoms with Crippen LogP contribution in [0.4, 0.5) is 5.69 Å². The molecule has 1 saturated carbocycles. The zero-order valence-electron chi connectivity index (χ0n) is 15.5. The van der Waals surface area contributed by atoms with Gasteiger partial charge in [-0.25, -0.2) is 0 Å². The summed E-state index contributed by atoms with van der Waals surface area (Å²) in [6.45, 7) is 6.07. The van der Waals surface area contributed by atoms with E-state index in [9.17, 15) is 4.79 Å². The van der Waals surface area contributed by atoms with Crippen LogP contribution in [0.15, 0.2) is 18.2 Å². The highest BCUT2D eigenvalue weighted by Crippen LogP contribution is 2.29. The molecule has 3 N–H and O–H groups in total. The van der Waals surface area contributed by atoms with Crippen molar-refractivity contribution < 1.29 is 9.53 Å². The average molecular weight is 404 g/mol. The van der Waals surface area contributed by atoms with Crippen molar-refractivity contribution in [3.8, 4) is 5.75 Å². The summed E-state index contributed by atoms with van der Waals surface area (Å²) in [6, 6.07) is 5.79. The van der Waals surface area contributed by atoms with E-state index in [0.29, 0.717) is 6.61 Å². The van der Waals surface area contributed by atoms with Gasteiger partial charge in [0.2, 0.25) is 5.91 Å². The Hall–Kier alpha value is -1.01. The second-order valence-corrected chi connectivity index (χ2v) is 7.19.